The third kappa shape index (κ3) is 2.56. The summed E-state index contributed by atoms with van der Waals surface area (Å²) in [6.45, 7) is 4.06. The molecule has 1 heteroatoms. The Labute approximate surface area is 102 Å². The molecule has 0 saturated carbocycles. The van der Waals surface area contributed by atoms with Crippen molar-refractivity contribution in [2.24, 2.45) is 0 Å². The van der Waals surface area contributed by atoms with Crippen LogP contribution in [0.3, 0.4) is 0 Å². The maximum Gasteiger partial charge on any atom is 0.0463 e. The lowest BCUT2D eigenvalue weighted by Crippen LogP contribution is -1.96. The Balaban J connectivity index is 2.42. The number of fused-ring (bicyclic) bond motifs is 1. The second-order valence-electron chi connectivity index (χ2n) is 3.90. The van der Waals surface area contributed by atoms with E-state index in [1.165, 1.54) is 10.8 Å². The minimum atomic E-state index is 1.11. The summed E-state index contributed by atoms with van der Waals surface area (Å²) in [5, 5.41) is 5.95. The molecular formula is C16H17N. The molecule has 0 fully saturated rings. The van der Waals surface area contributed by atoms with E-state index in [1.807, 2.05) is 19.9 Å². The van der Waals surface area contributed by atoms with Gasteiger partial charge in [0.25, 0.3) is 0 Å². The molecule has 2 rings (SSSR count). The minimum absolute atomic E-state index is 1.11. The van der Waals surface area contributed by atoms with Crippen LogP contribution in [0.2, 0.25) is 0 Å². The minimum Gasteiger partial charge on any atom is -0.355 e. The summed E-state index contributed by atoms with van der Waals surface area (Å²) in [5.74, 6) is 0. The van der Waals surface area contributed by atoms with Crippen molar-refractivity contribution in [1.29, 1.82) is 0 Å². The molecule has 0 aromatic heterocycles. The average molecular weight is 223 g/mol. The van der Waals surface area contributed by atoms with E-state index in [9.17, 15) is 0 Å². The van der Waals surface area contributed by atoms with E-state index in [0.29, 0.717) is 0 Å². The van der Waals surface area contributed by atoms with Gasteiger partial charge in [0.15, 0.2) is 0 Å². The summed E-state index contributed by atoms with van der Waals surface area (Å²) < 4.78 is 0. The molecule has 17 heavy (non-hydrogen) atoms. The maximum atomic E-state index is 3.45. The number of hydrogen-bond acceptors (Lipinski definition) is 1. The molecule has 0 heterocycles. The number of nitrogens with one attached hydrogen (secondary N) is 1. The van der Waals surface area contributed by atoms with Gasteiger partial charge in [0, 0.05) is 16.8 Å². The Kier molecular flexibility index (Phi) is 3.61. The van der Waals surface area contributed by atoms with Crippen LogP contribution in [0.1, 0.15) is 13.8 Å². The Morgan fingerprint density at radius 3 is 2.53 bits per heavy atom. The zero-order chi connectivity index (χ0) is 12.1. The normalized spacial score (nSPS) is 12.2. The smallest absolute Gasteiger partial charge is 0.0463 e. The third-order valence-electron chi connectivity index (χ3n) is 2.73. The van der Waals surface area contributed by atoms with E-state index in [-0.39, 0.29) is 0 Å². The molecule has 0 atom stereocenters. The van der Waals surface area contributed by atoms with Crippen molar-refractivity contribution < 1.29 is 0 Å². The summed E-state index contributed by atoms with van der Waals surface area (Å²) in [5.41, 5.74) is 2.26. The van der Waals surface area contributed by atoms with Crippen molar-refractivity contribution in [2.45, 2.75) is 13.8 Å². The van der Waals surface area contributed by atoms with Gasteiger partial charge in [0.05, 0.1) is 0 Å². The molecule has 0 unspecified atom stereocenters. The van der Waals surface area contributed by atoms with Crippen molar-refractivity contribution in [3.63, 3.8) is 0 Å². The topological polar surface area (TPSA) is 12.0 Å². The van der Waals surface area contributed by atoms with Crippen molar-refractivity contribution in [1.82, 2.24) is 0 Å². The highest BCUT2D eigenvalue weighted by Gasteiger charge is 1.99. The van der Waals surface area contributed by atoms with Gasteiger partial charge in [-0.1, -0.05) is 48.6 Å². The first-order chi connectivity index (χ1) is 8.35. The van der Waals surface area contributed by atoms with E-state index in [1.54, 1.807) is 0 Å². The van der Waals surface area contributed by atoms with Gasteiger partial charge in [-0.25, -0.2) is 0 Å². The average Bonchev–Trinajstić information content (AvgIpc) is 2.38. The molecular weight excluding hydrogens is 206 g/mol. The van der Waals surface area contributed by atoms with Crippen LogP contribution in [-0.2, 0) is 0 Å². The highest BCUT2D eigenvalue weighted by Crippen LogP contribution is 2.24. The van der Waals surface area contributed by atoms with Gasteiger partial charge in [-0.15, -0.1) is 0 Å². The molecule has 1 nitrogen and oxygen atoms in total. The Morgan fingerprint density at radius 1 is 1.00 bits per heavy atom. The van der Waals surface area contributed by atoms with Crippen molar-refractivity contribution in [3.05, 3.63) is 66.4 Å². The predicted molar refractivity (Wildman–Crippen MR) is 76.1 cm³/mol. The van der Waals surface area contributed by atoms with E-state index in [0.717, 1.165) is 11.4 Å². The number of allylic oxidation sites excluding steroid dienone is 3. The monoisotopic (exact) mass is 223 g/mol. The third-order valence-corrected chi connectivity index (χ3v) is 2.73. The SMILES string of the molecule is C/C=C\C(=C/C)Nc1cccc2ccccc12. The molecule has 0 bridgehead atoms. The lowest BCUT2D eigenvalue weighted by molar-refractivity contribution is 1.45. The quantitative estimate of drug-likeness (QED) is 0.742. The standard InChI is InChI=1S/C16H17N/c1-3-8-14(4-2)17-16-12-7-10-13-9-5-6-11-15(13)16/h3-12,17H,1-2H3/b8-3-,14-4+. The van der Waals surface area contributed by atoms with Crippen molar-refractivity contribution >= 4 is 16.5 Å². The van der Waals surface area contributed by atoms with Gasteiger partial charge < -0.3 is 5.32 Å². The van der Waals surface area contributed by atoms with Gasteiger partial charge >= 0.3 is 0 Å². The summed E-state index contributed by atoms with van der Waals surface area (Å²) in [6, 6.07) is 14.7. The largest absolute Gasteiger partial charge is 0.355 e. The van der Waals surface area contributed by atoms with E-state index >= 15 is 0 Å². The summed E-state index contributed by atoms with van der Waals surface area (Å²) >= 11 is 0. The highest BCUT2D eigenvalue weighted by atomic mass is 14.9. The number of anilines is 1. The summed E-state index contributed by atoms with van der Waals surface area (Å²) in [7, 11) is 0. The summed E-state index contributed by atoms with van der Waals surface area (Å²) in [4.78, 5) is 0. The molecule has 0 saturated heterocycles. The van der Waals surface area contributed by atoms with Crippen LogP contribution in [0.4, 0.5) is 5.69 Å². The van der Waals surface area contributed by atoms with Crippen LogP contribution in [0, 0.1) is 0 Å². The van der Waals surface area contributed by atoms with Crippen LogP contribution in [0.5, 0.6) is 0 Å². The van der Waals surface area contributed by atoms with Gasteiger partial charge in [-0.05, 0) is 31.4 Å². The molecule has 0 aliphatic rings. The van der Waals surface area contributed by atoms with Crippen LogP contribution in [-0.4, -0.2) is 0 Å². The Hall–Kier alpha value is -2.02. The molecule has 0 spiro atoms. The molecule has 1 N–H and O–H groups in total. The number of hydrogen-bond donors (Lipinski definition) is 1. The van der Waals surface area contributed by atoms with Gasteiger partial charge in [-0.2, -0.15) is 0 Å². The second kappa shape index (κ2) is 5.35. The maximum absolute atomic E-state index is 3.45. The Bertz CT molecular complexity index is 559. The van der Waals surface area contributed by atoms with Gasteiger partial charge in [-0.3, -0.25) is 0 Å². The number of rotatable bonds is 3. The lowest BCUT2D eigenvalue weighted by atomic mass is 10.1. The molecule has 0 aliphatic heterocycles. The molecule has 2 aromatic carbocycles. The second-order valence-corrected chi connectivity index (χ2v) is 3.90. The lowest BCUT2D eigenvalue weighted by Gasteiger charge is -2.10. The van der Waals surface area contributed by atoms with Crippen LogP contribution >= 0.6 is 0 Å². The molecule has 0 radical (unpaired) electrons. The van der Waals surface area contributed by atoms with Gasteiger partial charge in [0.1, 0.15) is 0 Å². The predicted octanol–water partition coefficient (Wildman–Crippen LogP) is 4.73. The van der Waals surface area contributed by atoms with Crippen LogP contribution in [0.15, 0.2) is 66.4 Å². The first kappa shape index (κ1) is 11.5. The zero-order valence-corrected chi connectivity index (χ0v) is 10.3. The fourth-order valence-corrected chi connectivity index (χ4v) is 1.88. The van der Waals surface area contributed by atoms with Crippen molar-refractivity contribution in [2.75, 3.05) is 5.32 Å². The highest BCUT2D eigenvalue weighted by molar-refractivity contribution is 5.94. The van der Waals surface area contributed by atoms with Crippen LogP contribution in [0.25, 0.3) is 10.8 Å². The molecule has 86 valence electrons. The summed E-state index contributed by atoms with van der Waals surface area (Å²) in [6.07, 6.45) is 6.18. The molecule has 2 aromatic rings. The van der Waals surface area contributed by atoms with Crippen LogP contribution < -0.4 is 5.32 Å². The Morgan fingerprint density at radius 2 is 1.76 bits per heavy atom. The first-order valence-electron chi connectivity index (χ1n) is 5.89. The molecule has 0 aliphatic carbocycles. The fourth-order valence-electron chi connectivity index (χ4n) is 1.88. The zero-order valence-electron chi connectivity index (χ0n) is 10.3. The van der Waals surface area contributed by atoms with E-state index in [2.05, 4.69) is 59.9 Å². The van der Waals surface area contributed by atoms with Crippen molar-refractivity contribution in [3.8, 4) is 0 Å². The number of benzene rings is 2. The van der Waals surface area contributed by atoms with Gasteiger partial charge in [0.2, 0.25) is 0 Å². The van der Waals surface area contributed by atoms with E-state index < -0.39 is 0 Å². The fraction of sp³-hybridized carbons (Fsp3) is 0.125. The molecule has 0 amide bonds. The first-order valence-corrected chi connectivity index (χ1v) is 5.89. The van der Waals surface area contributed by atoms with E-state index in [4.69, 9.17) is 0 Å².